The molecule has 0 rings (SSSR count). The van der Waals surface area contributed by atoms with E-state index in [1.165, 1.54) is 7.11 Å². The second-order valence-corrected chi connectivity index (χ2v) is 2.65. The van der Waals surface area contributed by atoms with E-state index in [1.54, 1.807) is 0 Å². The zero-order valence-corrected chi connectivity index (χ0v) is 7.36. The predicted octanol–water partition coefficient (Wildman–Crippen LogP) is 1.67. The normalized spacial score (nSPS) is 12.7. The molecule has 1 atom stereocenters. The Hall–Kier alpha value is -0.120. The average molecular weight is 213 g/mol. The van der Waals surface area contributed by atoms with Crippen LogP contribution >= 0.6 is 15.9 Å². The van der Waals surface area contributed by atoms with Gasteiger partial charge in [0, 0.05) is 5.33 Å². The number of hydrogen-bond donors (Lipinski definition) is 0. The first kappa shape index (κ1) is 9.88. The second kappa shape index (κ2) is 5.65. The lowest BCUT2D eigenvalue weighted by molar-refractivity contribution is -0.141. The predicted molar refractivity (Wildman–Crippen MR) is 39.9 cm³/mol. The molecule has 2 nitrogen and oxygen atoms in total. The maximum atomic E-state index is 12.5. The van der Waals surface area contributed by atoms with Crippen LogP contribution in [0.15, 0.2) is 0 Å². The van der Waals surface area contributed by atoms with Crippen LogP contribution in [0, 0.1) is 0 Å². The van der Waals surface area contributed by atoms with Crippen molar-refractivity contribution in [2.24, 2.45) is 0 Å². The molecule has 0 aliphatic rings. The van der Waals surface area contributed by atoms with Crippen LogP contribution in [-0.2, 0) is 9.53 Å². The molecule has 0 saturated heterocycles. The van der Waals surface area contributed by atoms with Crippen LogP contribution < -0.4 is 0 Å². The number of ether oxygens (including phenoxy) is 1. The lowest BCUT2D eigenvalue weighted by atomic mass is 10.2. The average Bonchev–Trinajstić information content (AvgIpc) is 1.88. The van der Waals surface area contributed by atoms with Crippen LogP contribution in [0.1, 0.15) is 12.8 Å². The van der Waals surface area contributed by atoms with Crippen LogP contribution in [0.5, 0.6) is 0 Å². The van der Waals surface area contributed by atoms with Crippen LogP contribution in [0.3, 0.4) is 0 Å². The number of carbonyl (C=O) groups is 1. The molecule has 60 valence electrons. The van der Waals surface area contributed by atoms with E-state index < -0.39 is 12.1 Å². The highest BCUT2D eigenvalue weighted by atomic mass is 79.9. The molecule has 0 radical (unpaired) electrons. The number of rotatable bonds is 4. The fourth-order valence-corrected chi connectivity index (χ4v) is 0.981. The van der Waals surface area contributed by atoms with Crippen molar-refractivity contribution < 1.29 is 13.9 Å². The van der Waals surface area contributed by atoms with Crippen LogP contribution in [0.2, 0.25) is 0 Å². The van der Waals surface area contributed by atoms with Gasteiger partial charge in [0.05, 0.1) is 13.5 Å². The minimum absolute atomic E-state index is 0.137. The van der Waals surface area contributed by atoms with Gasteiger partial charge >= 0.3 is 5.97 Å². The van der Waals surface area contributed by atoms with Crippen molar-refractivity contribution in [1.29, 1.82) is 0 Å². The Labute approximate surface area is 67.9 Å². The lowest BCUT2D eigenvalue weighted by Crippen LogP contribution is -2.10. The van der Waals surface area contributed by atoms with Gasteiger partial charge in [0.15, 0.2) is 0 Å². The van der Waals surface area contributed by atoms with E-state index in [0.29, 0.717) is 11.8 Å². The van der Waals surface area contributed by atoms with Gasteiger partial charge in [0.1, 0.15) is 6.17 Å². The standard InChI is InChI=1S/C6H10BrFO2/c1-10-6(9)4-5(8)2-3-7/h5H,2-4H2,1H3. The first-order chi connectivity index (χ1) is 4.70. The Kier molecular flexibility index (Phi) is 5.58. The lowest BCUT2D eigenvalue weighted by Gasteiger charge is -2.02. The zero-order valence-electron chi connectivity index (χ0n) is 5.77. The van der Waals surface area contributed by atoms with Gasteiger partial charge in [0.25, 0.3) is 0 Å². The molecule has 0 heterocycles. The first-order valence-electron chi connectivity index (χ1n) is 2.97. The molecule has 0 fully saturated rings. The van der Waals surface area contributed by atoms with E-state index in [-0.39, 0.29) is 6.42 Å². The van der Waals surface area contributed by atoms with Crippen molar-refractivity contribution in [3.63, 3.8) is 0 Å². The van der Waals surface area contributed by atoms with Gasteiger partial charge in [0.2, 0.25) is 0 Å². The Morgan fingerprint density at radius 3 is 2.80 bits per heavy atom. The summed E-state index contributed by atoms with van der Waals surface area (Å²) in [6, 6.07) is 0. The number of alkyl halides is 2. The minimum Gasteiger partial charge on any atom is -0.469 e. The van der Waals surface area contributed by atoms with E-state index in [9.17, 15) is 9.18 Å². The van der Waals surface area contributed by atoms with Gasteiger partial charge in [-0.1, -0.05) is 15.9 Å². The van der Waals surface area contributed by atoms with Crippen molar-refractivity contribution in [2.75, 3.05) is 12.4 Å². The third kappa shape index (κ3) is 4.73. The fourth-order valence-electron chi connectivity index (χ4n) is 0.485. The molecular formula is C6H10BrFO2. The summed E-state index contributed by atoms with van der Waals surface area (Å²) in [5, 5.41) is 0.575. The van der Waals surface area contributed by atoms with Gasteiger partial charge < -0.3 is 4.74 Å². The molecule has 0 aliphatic heterocycles. The Morgan fingerprint density at radius 2 is 2.40 bits per heavy atom. The molecule has 0 N–H and O–H groups in total. The maximum Gasteiger partial charge on any atom is 0.308 e. The van der Waals surface area contributed by atoms with Gasteiger partial charge in [-0.05, 0) is 6.42 Å². The summed E-state index contributed by atoms with van der Waals surface area (Å²) in [6.45, 7) is 0. The second-order valence-electron chi connectivity index (χ2n) is 1.86. The molecule has 0 aliphatic carbocycles. The molecule has 0 bridgehead atoms. The van der Waals surface area contributed by atoms with Gasteiger partial charge in [-0.2, -0.15) is 0 Å². The van der Waals surface area contributed by atoms with Crippen LogP contribution in [-0.4, -0.2) is 24.6 Å². The summed E-state index contributed by atoms with van der Waals surface area (Å²) in [5.74, 6) is -0.492. The zero-order chi connectivity index (χ0) is 7.98. The highest BCUT2D eigenvalue weighted by Gasteiger charge is 2.11. The minimum atomic E-state index is -1.08. The van der Waals surface area contributed by atoms with Crippen molar-refractivity contribution in [3.05, 3.63) is 0 Å². The highest BCUT2D eigenvalue weighted by Crippen LogP contribution is 2.05. The third-order valence-electron chi connectivity index (χ3n) is 1.04. The number of carbonyl (C=O) groups excluding carboxylic acids is 1. The summed E-state index contributed by atoms with van der Waals surface area (Å²) < 4.78 is 16.8. The number of methoxy groups -OCH3 is 1. The molecule has 0 aromatic heterocycles. The largest absolute Gasteiger partial charge is 0.469 e. The molecule has 0 spiro atoms. The van der Waals surface area contributed by atoms with E-state index in [2.05, 4.69) is 20.7 Å². The molecule has 0 aromatic rings. The van der Waals surface area contributed by atoms with Crippen LogP contribution in [0.25, 0.3) is 0 Å². The highest BCUT2D eigenvalue weighted by molar-refractivity contribution is 9.09. The summed E-state index contributed by atoms with van der Waals surface area (Å²) in [5.41, 5.74) is 0. The van der Waals surface area contributed by atoms with Gasteiger partial charge in [-0.3, -0.25) is 4.79 Å². The van der Waals surface area contributed by atoms with E-state index >= 15 is 0 Å². The monoisotopic (exact) mass is 212 g/mol. The Bertz CT molecular complexity index is 108. The maximum absolute atomic E-state index is 12.5. The summed E-state index contributed by atoms with van der Waals surface area (Å²) in [4.78, 5) is 10.4. The molecule has 0 amide bonds. The van der Waals surface area contributed by atoms with E-state index in [1.807, 2.05) is 0 Å². The van der Waals surface area contributed by atoms with Crippen molar-refractivity contribution >= 4 is 21.9 Å². The van der Waals surface area contributed by atoms with E-state index in [0.717, 1.165) is 0 Å². The topological polar surface area (TPSA) is 26.3 Å². The van der Waals surface area contributed by atoms with Crippen molar-refractivity contribution in [3.8, 4) is 0 Å². The Morgan fingerprint density at radius 1 is 1.80 bits per heavy atom. The molecular weight excluding hydrogens is 203 g/mol. The van der Waals surface area contributed by atoms with Crippen molar-refractivity contribution in [2.45, 2.75) is 19.0 Å². The molecule has 0 saturated carbocycles. The quantitative estimate of drug-likeness (QED) is 0.524. The molecule has 1 unspecified atom stereocenters. The molecule has 4 heteroatoms. The number of hydrogen-bond acceptors (Lipinski definition) is 2. The molecule has 10 heavy (non-hydrogen) atoms. The van der Waals surface area contributed by atoms with Crippen molar-refractivity contribution in [1.82, 2.24) is 0 Å². The van der Waals surface area contributed by atoms with Crippen LogP contribution in [0.4, 0.5) is 4.39 Å². The fraction of sp³-hybridized carbons (Fsp3) is 0.833. The SMILES string of the molecule is COC(=O)CC(F)CCBr. The Balaban J connectivity index is 3.37. The smallest absolute Gasteiger partial charge is 0.308 e. The van der Waals surface area contributed by atoms with Gasteiger partial charge in [-0.15, -0.1) is 0 Å². The first-order valence-corrected chi connectivity index (χ1v) is 4.09. The summed E-state index contributed by atoms with van der Waals surface area (Å²) in [7, 11) is 1.25. The van der Waals surface area contributed by atoms with E-state index in [4.69, 9.17) is 0 Å². The van der Waals surface area contributed by atoms with Gasteiger partial charge in [-0.25, -0.2) is 4.39 Å². The summed E-state index contributed by atoms with van der Waals surface area (Å²) >= 11 is 3.07. The molecule has 0 aromatic carbocycles. The number of esters is 1. The number of halogens is 2. The third-order valence-corrected chi connectivity index (χ3v) is 1.50. The summed E-state index contributed by atoms with van der Waals surface area (Å²) in [6.07, 6.45) is -0.858.